The van der Waals surface area contributed by atoms with Crippen LogP contribution in [0.3, 0.4) is 0 Å². The quantitative estimate of drug-likeness (QED) is 0.631. The Bertz CT molecular complexity index is 829. The molecule has 1 aromatic carbocycles. The maximum absolute atomic E-state index is 12.4. The van der Waals surface area contributed by atoms with Crippen LogP contribution in [0.2, 0.25) is 0 Å². The van der Waals surface area contributed by atoms with E-state index < -0.39 is 4.92 Å². The van der Waals surface area contributed by atoms with Crippen molar-refractivity contribution in [3.05, 3.63) is 34.5 Å². The average Bonchev–Trinajstić information content (AvgIpc) is 3.40. The predicted octanol–water partition coefficient (Wildman–Crippen LogP) is 2.14. The summed E-state index contributed by atoms with van der Waals surface area (Å²) in [5.74, 6) is 0.895. The molecule has 26 heavy (non-hydrogen) atoms. The summed E-state index contributed by atoms with van der Waals surface area (Å²) in [4.78, 5) is 25.1. The van der Waals surface area contributed by atoms with E-state index in [0.29, 0.717) is 12.6 Å². The van der Waals surface area contributed by atoms with Crippen LogP contribution < -0.4 is 5.32 Å². The third-order valence-electron chi connectivity index (χ3n) is 5.31. The molecular weight excluding hydrogens is 334 g/mol. The third kappa shape index (κ3) is 3.70. The van der Waals surface area contributed by atoms with Gasteiger partial charge in [-0.1, -0.05) is 0 Å². The smallest absolute Gasteiger partial charge is 0.270 e. The zero-order valence-corrected chi connectivity index (χ0v) is 14.6. The fourth-order valence-corrected chi connectivity index (χ4v) is 3.60. The number of amides is 1. The van der Waals surface area contributed by atoms with Crippen LogP contribution in [-0.4, -0.2) is 45.1 Å². The van der Waals surface area contributed by atoms with Crippen LogP contribution in [0.4, 0.5) is 5.69 Å². The SMILES string of the molecule is O=C(NCC1CC1)[C@@H]1CCCN(Cn2ncc3cc([N+](=O)[O-])ccc32)C1. The highest BCUT2D eigenvalue weighted by molar-refractivity contribution is 5.81. The molecule has 1 amide bonds. The first-order valence-corrected chi connectivity index (χ1v) is 9.20. The zero-order chi connectivity index (χ0) is 18.1. The lowest BCUT2D eigenvalue weighted by molar-refractivity contribution is -0.384. The predicted molar refractivity (Wildman–Crippen MR) is 96.4 cm³/mol. The average molecular weight is 357 g/mol. The fourth-order valence-electron chi connectivity index (χ4n) is 3.60. The van der Waals surface area contributed by atoms with Gasteiger partial charge in [-0.05, 0) is 44.2 Å². The molecule has 1 aromatic heterocycles. The molecule has 2 aromatic rings. The van der Waals surface area contributed by atoms with E-state index in [1.807, 2.05) is 4.68 Å². The minimum Gasteiger partial charge on any atom is -0.356 e. The number of non-ortho nitro benzene ring substituents is 1. The van der Waals surface area contributed by atoms with E-state index in [9.17, 15) is 14.9 Å². The van der Waals surface area contributed by atoms with E-state index in [0.717, 1.165) is 43.4 Å². The molecular formula is C18H23N5O3. The number of fused-ring (bicyclic) bond motifs is 1. The van der Waals surface area contributed by atoms with Gasteiger partial charge in [0.2, 0.25) is 5.91 Å². The Morgan fingerprint density at radius 2 is 2.19 bits per heavy atom. The van der Waals surface area contributed by atoms with E-state index in [2.05, 4.69) is 15.3 Å². The minimum atomic E-state index is -0.397. The molecule has 1 aliphatic carbocycles. The number of nitrogens with one attached hydrogen (secondary N) is 1. The molecule has 1 saturated heterocycles. The zero-order valence-electron chi connectivity index (χ0n) is 14.6. The lowest BCUT2D eigenvalue weighted by Crippen LogP contribution is -2.44. The third-order valence-corrected chi connectivity index (χ3v) is 5.31. The Kier molecular flexibility index (Phi) is 4.58. The number of nitrogens with zero attached hydrogens (tertiary/aromatic N) is 4. The van der Waals surface area contributed by atoms with E-state index in [4.69, 9.17) is 0 Å². The normalized spacial score (nSPS) is 21.0. The Hall–Kier alpha value is -2.48. The van der Waals surface area contributed by atoms with Crippen molar-refractivity contribution in [2.24, 2.45) is 11.8 Å². The topological polar surface area (TPSA) is 93.3 Å². The number of carbonyl (C=O) groups is 1. The van der Waals surface area contributed by atoms with Crippen LogP contribution in [0.25, 0.3) is 10.9 Å². The second-order valence-corrected chi connectivity index (χ2v) is 7.39. The fraction of sp³-hybridized carbons (Fsp3) is 0.556. The van der Waals surface area contributed by atoms with Gasteiger partial charge in [-0.25, -0.2) is 0 Å². The van der Waals surface area contributed by atoms with Crippen LogP contribution >= 0.6 is 0 Å². The van der Waals surface area contributed by atoms with Gasteiger partial charge in [0.1, 0.15) is 0 Å². The molecule has 0 spiro atoms. The van der Waals surface area contributed by atoms with Gasteiger partial charge >= 0.3 is 0 Å². The molecule has 0 bridgehead atoms. The molecule has 2 heterocycles. The summed E-state index contributed by atoms with van der Waals surface area (Å²) in [6, 6.07) is 4.79. The van der Waals surface area contributed by atoms with Crippen molar-refractivity contribution < 1.29 is 9.72 Å². The van der Waals surface area contributed by atoms with Gasteiger partial charge in [-0.2, -0.15) is 5.10 Å². The van der Waals surface area contributed by atoms with Crippen LogP contribution in [0, 0.1) is 22.0 Å². The van der Waals surface area contributed by atoms with Gasteiger partial charge in [0.15, 0.2) is 0 Å². The van der Waals surface area contributed by atoms with Crippen molar-refractivity contribution in [3.8, 4) is 0 Å². The first-order chi connectivity index (χ1) is 12.6. The summed E-state index contributed by atoms with van der Waals surface area (Å²) in [5, 5.41) is 19.1. The number of carbonyl (C=O) groups excluding carboxylic acids is 1. The van der Waals surface area contributed by atoms with Gasteiger partial charge < -0.3 is 5.32 Å². The molecule has 0 unspecified atom stereocenters. The molecule has 2 fully saturated rings. The lowest BCUT2D eigenvalue weighted by atomic mass is 9.97. The summed E-state index contributed by atoms with van der Waals surface area (Å²) in [6.07, 6.45) is 6.06. The van der Waals surface area contributed by atoms with Gasteiger partial charge in [0, 0.05) is 30.6 Å². The number of aromatic nitrogens is 2. The molecule has 1 aliphatic heterocycles. The molecule has 8 nitrogen and oxygen atoms in total. The number of rotatable bonds is 6. The Labute approximate surface area is 151 Å². The van der Waals surface area contributed by atoms with E-state index in [-0.39, 0.29) is 17.5 Å². The number of likely N-dealkylation sites (tertiary alicyclic amines) is 1. The lowest BCUT2D eigenvalue weighted by Gasteiger charge is -2.31. The Morgan fingerprint density at radius 3 is 2.96 bits per heavy atom. The highest BCUT2D eigenvalue weighted by atomic mass is 16.6. The number of hydrogen-bond acceptors (Lipinski definition) is 5. The highest BCUT2D eigenvalue weighted by Crippen LogP contribution is 2.28. The minimum absolute atomic E-state index is 0.0328. The van der Waals surface area contributed by atoms with Crippen molar-refractivity contribution in [2.75, 3.05) is 19.6 Å². The number of piperidine rings is 1. The molecule has 1 N–H and O–H groups in total. The number of nitro groups is 1. The molecule has 1 atom stereocenters. The molecule has 8 heteroatoms. The second-order valence-electron chi connectivity index (χ2n) is 7.39. The maximum Gasteiger partial charge on any atom is 0.270 e. The molecule has 2 aliphatic rings. The van der Waals surface area contributed by atoms with Crippen molar-refractivity contribution in [1.29, 1.82) is 0 Å². The Balaban J connectivity index is 1.40. The maximum atomic E-state index is 12.4. The van der Waals surface area contributed by atoms with Crippen molar-refractivity contribution in [1.82, 2.24) is 20.0 Å². The summed E-state index contributed by atoms with van der Waals surface area (Å²) in [7, 11) is 0. The molecule has 0 radical (unpaired) electrons. The van der Waals surface area contributed by atoms with E-state index in [1.165, 1.54) is 18.9 Å². The summed E-state index contributed by atoms with van der Waals surface area (Å²) in [5.41, 5.74) is 0.943. The number of benzene rings is 1. The van der Waals surface area contributed by atoms with Crippen molar-refractivity contribution in [3.63, 3.8) is 0 Å². The summed E-state index contributed by atoms with van der Waals surface area (Å²) in [6.45, 7) is 3.07. The van der Waals surface area contributed by atoms with E-state index in [1.54, 1.807) is 18.3 Å². The van der Waals surface area contributed by atoms with E-state index >= 15 is 0 Å². The van der Waals surface area contributed by atoms with Crippen LogP contribution in [-0.2, 0) is 11.5 Å². The van der Waals surface area contributed by atoms with Crippen LogP contribution in [0.5, 0.6) is 0 Å². The number of nitro benzene ring substituents is 1. The van der Waals surface area contributed by atoms with Gasteiger partial charge in [0.05, 0.1) is 29.2 Å². The van der Waals surface area contributed by atoms with Gasteiger partial charge in [-0.3, -0.25) is 24.5 Å². The standard InChI is InChI=1S/C18H23N5O3/c24-18(19-9-13-3-4-13)14-2-1-7-21(11-14)12-22-17-6-5-16(23(25)26)8-15(17)10-20-22/h5-6,8,10,13-14H,1-4,7,9,11-12H2,(H,19,24)/t14-/m1/s1. The van der Waals surface area contributed by atoms with Crippen LogP contribution in [0.1, 0.15) is 25.7 Å². The van der Waals surface area contributed by atoms with Gasteiger partial charge in [0.25, 0.3) is 5.69 Å². The Morgan fingerprint density at radius 1 is 1.35 bits per heavy atom. The molecule has 1 saturated carbocycles. The first kappa shape index (κ1) is 17.0. The summed E-state index contributed by atoms with van der Waals surface area (Å²) >= 11 is 0. The molecule has 4 rings (SSSR count). The largest absolute Gasteiger partial charge is 0.356 e. The monoisotopic (exact) mass is 357 g/mol. The van der Waals surface area contributed by atoms with Gasteiger partial charge in [-0.15, -0.1) is 0 Å². The first-order valence-electron chi connectivity index (χ1n) is 9.20. The number of hydrogen-bond donors (Lipinski definition) is 1. The summed E-state index contributed by atoms with van der Waals surface area (Å²) < 4.78 is 1.85. The van der Waals surface area contributed by atoms with Crippen molar-refractivity contribution in [2.45, 2.75) is 32.4 Å². The second kappa shape index (κ2) is 7.03. The molecule has 138 valence electrons. The van der Waals surface area contributed by atoms with Crippen molar-refractivity contribution >= 4 is 22.5 Å². The highest BCUT2D eigenvalue weighted by Gasteiger charge is 2.28. The van der Waals surface area contributed by atoms with Crippen LogP contribution in [0.15, 0.2) is 24.4 Å².